The molecule has 0 heterocycles. The second kappa shape index (κ2) is 11.0. The van der Waals surface area contributed by atoms with Crippen molar-refractivity contribution in [2.45, 2.75) is 103 Å². The van der Waals surface area contributed by atoms with Crippen LogP contribution in [0, 0.1) is 0 Å². The topological polar surface area (TPSA) is 3.24 Å². The predicted molar refractivity (Wildman–Crippen MR) is 132 cm³/mol. The van der Waals surface area contributed by atoms with Crippen LogP contribution >= 0.6 is 0 Å². The summed E-state index contributed by atoms with van der Waals surface area (Å²) in [6.07, 6.45) is 19.3. The van der Waals surface area contributed by atoms with Crippen molar-refractivity contribution in [3.63, 3.8) is 0 Å². The van der Waals surface area contributed by atoms with Crippen LogP contribution in [0.15, 0.2) is 42.5 Å². The van der Waals surface area contributed by atoms with E-state index in [1.54, 1.807) is 11.3 Å². The van der Waals surface area contributed by atoms with Gasteiger partial charge < -0.3 is 4.90 Å². The molecule has 0 unspecified atom stereocenters. The number of hydrogen-bond donors (Lipinski definition) is 0. The number of hydrogen-bond acceptors (Lipinski definition) is 1. The molecule has 0 bridgehead atoms. The maximum Gasteiger partial charge on any atom is 0.0410 e. The number of unbranched alkanes of at least 4 members (excludes halogenated alkanes) is 7. The van der Waals surface area contributed by atoms with Crippen LogP contribution < -0.4 is 4.90 Å². The molecule has 162 valence electrons. The average molecular weight is 404 g/mol. The molecule has 1 fully saturated rings. The van der Waals surface area contributed by atoms with E-state index in [1.165, 1.54) is 107 Å². The number of anilines is 1. The first-order valence-electron chi connectivity index (χ1n) is 12.9. The van der Waals surface area contributed by atoms with Gasteiger partial charge in [0.1, 0.15) is 0 Å². The highest BCUT2D eigenvalue weighted by Crippen LogP contribution is 2.42. The van der Waals surface area contributed by atoms with E-state index in [0.717, 1.165) is 12.5 Å². The fraction of sp³-hybridized carbons (Fsp3) is 0.586. The van der Waals surface area contributed by atoms with Crippen LogP contribution in [0.3, 0.4) is 0 Å². The largest absolute Gasteiger partial charge is 0.368 e. The Bertz CT molecular complexity index is 787. The Morgan fingerprint density at radius 1 is 0.733 bits per heavy atom. The molecule has 1 nitrogen and oxygen atoms in total. The van der Waals surface area contributed by atoms with E-state index < -0.39 is 0 Å². The summed E-state index contributed by atoms with van der Waals surface area (Å²) >= 11 is 0. The van der Waals surface area contributed by atoms with Gasteiger partial charge >= 0.3 is 0 Å². The monoisotopic (exact) mass is 403 g/mol. The summed E-state index contributed by atoms with van der Waals surface area (Å²) in [6, 6.07) is 16.9. The molecule has 1 heteroatoms. The van der Waals surface area contributed by atoms with Gasteiger partial charge in [0, 0.05) is 24.7 Å². The van der Waals surface area contributed by atoms with Crippen molar-refractivity contribution < 1.29 is 0 Å². The standard InChI is InChI=1S/C29H41N/c1-2-3-4-5-6-7-8-14-22-30(25-17-10-9-11-18-25)29-21-15-20-27-26-19-13-12-16-24(26)23-28(27)29/h12-13,15-16,19-21,25H,2-11,14,17-18,22-23H2,1H3. The van der Waals surface area contributed by atoms with E-state index in [2.05, 4.69) is 54.3 Å². The maximum absolute atomic E-state index is 2.83. The molecular weight excluding hydrogens is 362 g/mol. The van der Waals surface area contributed by atoms with Gasteiger partial charge in [0.15, 0.2) is 0 Å². The van der Waals surface area contributed by atoms with Crippen LogP contribution in [0.1, 0.15) is 102 Å². The Hall–Kier alpha value is -1.76. The van der Waals surface area contributed by atoms with Gasteiger partial charge in [-0.2, -0.15) is 0 Å². The van der Waals surface area contributed by atoms with Crippen LogP contribution in [-0.4, -0.2) is 12.6 Å². The summed E-state index contributed by atoms with van der Waals surface area (Å²) in [6.45, 7) is 3.55. The molecule has 0 atom stereocenters. The van der Waals surface area contributed by atoms with Gasteiger partial charge in [0.25, 0.3) is 0 Å². The minimum Gasteiger partial charge on any atom is -0.368 e. The van der Waals surface area contributed by atoms with Crippen LogP contribution in [0.4, 0.5) is 5.69 Å². The first-order chi connectivity index (χ1) is 14.9. The van der Waals surface area contributed by atoms with Gasteiger partial charge in [-0.05, 0) is 47.6 Å². The van der Waals surface area contributed by atoms with Crippen molar-refractivity contribution in [2.24, 2.45) is 0 Å². The number of nitrogens with zero attached hydrogens (tertiary/aromatic N) is 1. The molecule has 0 spiro atoms. The molecule has 4 rings (SSSR count). The molecular formula is C29H41N. The Morgan fingerprint density at radius 2 is 1.43 bits per heavy atom. The lowest BCUT2D eigenvalue weighted by molar-refractivity contribution is 0.409. The van der Waals surface area contributed by atoms with E-state index in [9.17, 15) is 0 Å². The van der Waals surface area contributed by atoms with Gasteiger partial charge in [0.2, 0.25) is 0 Å². The van der Waals surface area contributed by atoms with E-state index in [1.807, 2.05) is 0 Å². The van der Waals surface area contributed by atoms with Crippen molar-refractivity contribution in [1.29, 1.82) is 0 Å². The fourth-order valence-corrected chi connectivity index (χ4v) is 5.72. The van der Waals surface area contributed by atoms with E-state index in [4.69, 9.17) is 0 Å². The summed E-state index contributed by atoms with van der Waals surface area (Å²) in [5.41, 5.74) is 7.59. The van der Waals surface area contributed by atoms with Crippen molar-refractivity contribution >= 4 is 5.69 Å². The van der Waals surface area contributed by atoms with Crippen molar-refractivity contribution in [3.8, 4) is 11.1 Å². The van der Waals surface area contributed by atoms with E-state index in [-0.39, 0.29) is 0 Å². The Balaban J connectivity index is 1.43. The zero-order valence-electron chi connectivity index (χ0n) is 19.2. The second-order valence-electron chi connectivity index (χ2n) is 9.60. The highest BCUT2D eigenvalue weighted by molar-refractivity contribution is 5.82. The second-order valence-corrected chi connectivity index (χ2v) is 9.60. The van der Waals surface area contributed by atoms with Gasteiger partial charge in [-0.3, -0.25) is 0 Å². The Labute approximate surface area is 184 Å². The van der Waals surface area contributed by atoms with E-state index in [0.29, 0.717) is 0 Å². The van der Waals surface area contributed by atoms with Gasteiger partial charge in [-0.25, -0.2) is 0 Å². The summed E-state index contributed by atoms with van der Waals surface area (Å²) in [7, 11) is 0. The zero-order valence-corrected chi connectivity index (χ0v) is 19.2. The molecule has 1 saturated carbocycles. The third-order valence-electron chi connectivity index (χ3n) is 7.40. The van der Waals surface area contributed by atoms with Gasteiger partial charge in [0.05, 0.1) is 0 Å². The van der Waals surface area contributed by atoms with Crippen LogP contribution in [0.2, 0.25) is 0 Å². The smallest absolute Gasteiger partial charge is 0.0410 e. The highest BCUT2D eigenvalue weighted by atomic mass is 15.2. The Kier molecular flexibility index (Phi) is 7.89. The summed E-state index contributed by atoms with van der Waals surface area (Å²) in [5.74, 6) is 0. The summed E-state index contributed by atoms with van der Waals surface area (Å²) < 4.78 is 0. The third kappa shape index (κ3) is 5.10. The van der Waals surface area contributed by atoms with Gasteiger partial charge in [-0.15, -0.1) is 0 Å². The lowest BCUT2D eigenvalue weighted by Crippen LogP contribution is -2.38. The highest BCUT2D eigenvalue weighted by Gasteiger charge is 2.27. The van der Waals surface area contributed by atoms with Gasteiger partial charge in [-0.1, -0.05) is 108 Å². The Morgan fingerprint density at radius 3 is 2.23 bits per heavy atom. The van der Waals surface area contributed by atoms with Crippen LogP contribution in [0.5, 0.6) is 0 Å². The molecule has 0 radical (unpaired) electrons. The molecule has 2 aliphatic rings. The van der Waals surface area contributed by atoms with Crippen molar-refractivity contribution in [3.05, 3.63) is 53.6 Å². The lowest BCUT2D eigenvalue weighted by Gasteiger charge is -2.37. The fourth-order valence-electron chi connectivity index (χ4n) is 5.72. The molecule has 0 N–H and O–H groups in total. The van der Waals surface area contributed by atoms with Crippen LogP contribution in [0.25, 0.3) is 11.1 Å². The SMILES string of the molecule is CCCCCCCCCCN(c1cccc2c1Cc1ccccc1-2)C1CCCCC1. The summed E-state index contributed by atoms with van der Waals surface area (Å²) in [4.78, 5) is 2.83. The van der Waals surface area contributed by atoms with E-state index >= 15 is 0 Å². The van der Waals surface area contributed by atoms with Crippen molar-refractivity contribution in [1.82, 2.24) is 0 Å². The number of fused-ring (bicyclic) bond motifs is 3. The minimum atomic E-state index is 0.749. The minimum absolute atomic E-state index is 0.749. The molecule has 0 aliphatic heterocycles. The average Bonchev–Trinajstić information content (AvgIpc) is 3.18. The molecule has 2 aromatic carbocycles. The number of benzene rings is 2. The number of rotatable bonds is 11. The molecule has 0 amide bonds. The van der Waals surface area contributed by atoms with Crippen molar-refractivity contribution in [2.75, 3.05) is 11.4 Å². The third-order valence-corrected chi connectivity index (χ3v) is 7.40. The normalized spacial score (nSPS) is 15.8. The maximum atomic E-state index is 2.83. The van der Waals surface area contributed by atoms with Crippen LogP contribution in [-0.2, 0) is 6.42 Å². The molecule has 30 heavy (non-hydrogen) atoms. The summed E-state index contributed by atoms with van der Waals surface area (Å²) in [5, 5.41) is 0. The molecule has 2 aromatic rings. The molecule has 2 aliphatic carbocycles. The first kappa shape index (κ1) is 21.5. The molecule has 0 saturated heterocycles. The predicted octanol–water partition coefficient (Wildman–Crippen LogP) is 8.54. The zero-order chi connectivity index (χ0) is 20.6. The molecule has 0 aromatic heterocycles. The first-order valence-corrected chi connectivity index (χ1v) is 12.9. The lowest BCUT2D eigenvalue weighted by atomic mass is 9.92. The quantitative estimate of drug-likeness (QED) is 0.290.